The predicted octanol–water partition coefficient (Wildman–Crippen LogP) is 1.38. The van der Waals surface area contributed by atoms with Gasteiger partial charge in [-0.25, -0.2) is 4.79 Å². The van der Waals surface area contributed by atoms with E-state index >= 15 is 0 Å². The summed E-state index contributed by atoms with van der Waals surface area (Å²) in [4.78, 5) is 11.5. The van der Waals surface area contributed by atoms with Crippen LogP contribution in [0.5, 0.6) is 5.75 Å². The molecule has 80 valence electrons. The lowest BCUT2D eigenvalue weighted by molar-refractivity contribution is 0.0599. The number of methoxy groups -OCH3 is 1. The number of fused-ring (bicyclic) bond motifs is 1. The maximum atomic E-state index is 11.5. The van der Waals surface area contributed by atoms with Crippen molar-refractivity contribution in [3.05, 3.63) is 23.3 Å². The van der Waals surface area contributed by atoms with Crippen LogP contribution < -0.4 is 10.5 Å². The molecular formula is C11H13NO3. The number of hydrogen-bond acceptors (Lipinski definition) is 4. The first-order valence-electron chi connectivity index (χ1n) is 4.86. The molecule has 0 saturated heterocycles. The minimum absolute atomic E-state index is 0.394. The number of benzene rings is 1. The van der Waals surface area contributed by atoms with Crippen molar-refractivity contribution >= 4 is 11.7 Å². The zero-order chi connectivity index (χ0) is 10.8. The number of nitrogens with two attached hydrogens (primary N) is 1. The maximum Gasteiger partial charge on any atom is 0.340 e. The lowest BCUT2D eigenvalue weighted by Gasteiger charge is -2.20. The van der Waals surface area contributed by atoms with E-state index in [-0.39, 0.29) is 0 Å². The Kier molecular flexibility index (Phi) is 2.49. The number of carbonyl (C=O) groups excluding carboxylic acids is 1. The highest BCUT2D eigenvalue weighted by Gasteiger charge is 2.21. The summed E-state index contributed by atoms with van der Waals surface area (Å²) in [5.41, 5.74) is 7.54. The third kappa shape index (κ3) is 1.63. The Balaban J connectivity index is 2.55. The second kappa shape index (κ2) is 3.81. The van der Waals surface area contributed by atoms with Crippen LogP contribution in [0.3, 0.4) is 0 Å². The Bertz CT molecular complexity index is 401. The first kappa shape index (κ1) is 9.83. The lowest BCUT2D eigenvalue weighted by atomic mass is 9.98. The van der Waals surface area contributed by atoms with Crippen LogP contribution in [-0.2, 0) is 11.2 Å². The van der Waals surface area contributed by atoms with E-state index in [1.54, 1.807) is 12.1 Å². The standard InChI is InChI=1S/C11H13NO3/c1-14-11(13)10-7-3-2-6-15-9(7)5-4-8(10)12/h4-5H,2-3,6,12H2,1H3. The fourth-order valence-corrected chi connectivity index (χ4v) is 1.80. The van der Waals surface area contributed by atoms with Crippen LogP contribution >= 0.6 is 0 Å². The van der Waals surface area contributed by atoms with E-state index in [2.05, 4.69) is 0 Å². The van der Waals surface area contributed by atoms with Crippen molar-refractivity contribution in [2.45, 2.75) is 12.8 Å². The zero-order valence-electron chi connectivity index (χ0n) is 8.58. The van der Waals surface area contributed by atoms with Gasteiger partial charge in [-0.15, -0.1) is 0 Å². The molecule has 0 spiro atoms. The SMILES string of the molecule is COC(=O)c1c(N)ccc2c1CCCO2. The highest BCUT2D eigenvalue weighted by molar-refractivity contribution is 5.97. The largest absolute Gasteiger partial charge is 0.493 e. The molecule has 0 fully saturated rings. The number of rotatable bonds is 1. The number of ether oxygens (including phenoxy) is 2. The first-order valence-corrected chi connectivity index (χ1v) is 4.86. The summed E-state index contributed by atoms with van der Waals surface area (Å²) < 4.78 is 10.2. The topological polar surface area (TPSA) is 61.5 Å². The smallest absolute Gasteiger partial charge is 0.340 e. The maximum absolute atomic E-state index is 11.5. The average molecular weight is 207 g/mol. The van der Waals surface area contributed by atoms with Gasteiger partial charge in [-0.2, -0.15) is 0 Å². The van der Waals surface area contributed by atoms with Gasteiger partial charge in [0.2, 0.25) is 0 Å². The van der Waals surface area contributed by atoms with Crippen LogP contribution in [0.2, 0.25) is 0 Å². The number of hydrogen-bond donors (Lipinski definition) is 1. The summed E-state index contributed by atoms with van der Waals surface area (Å²) in [6, 6.07) is 3.48. The molecule has 1 aliphatic rings. The van der Waals surface area contributed by atoms with Crippen molar-refractivity contribution in [3.63, 3.8) is 0 Å². The Labute approximate surface area is 88.0 Å². The van der Waals surface area contributed by atoms with Crippen LogP contribution in [0.4, 0.5) is 5.69 Å². The van der Waals surface area contributed by atoms with Crippen LogP contribution in [-0.4, -0.2) is 19.7 Å². The van der Waals surface area contributed by atoms with Crippen molar-refractivity contribution in [2.24, 2.45) is 0 Å². The van der Waals surface area contributed by atoms with Gasteiger partial charge >= 0.3 is 5.97 Å². The molecule has 1 heterocycles. The van der Waals surface area contributed by atoms with Crippen molar-refractivity contribution < 1.29 is 14.3 Å². The fourth-order valence-electron chi connectivity index (χ4n) is 1.80. The Morgan fingerprint density at radius 2 is 2.33 bits per heavy atom. The van der Waals surface area contributed by atoms with E-state index in [0.717, 1.165) is 24.2 Å². The quantitative estimate of drug-likeness (QED) is 0.558. The fraction of sp³-hybridized carbons (Fsp3) is 0.364. The molecule has 0 radical (unpaired) electrons. The lowest BCUT2D eigenvalue weighted by Crippen LogP contribution is -2.16. The Morgan fingerprint density at radius 3 is 3.07 bits per heavy atom. The molecule has 0 aliphatic carbocycles. The van der Waals surface area contributed by atoms with Crippen LogP contribution in [0.25, 0.3) is 0 Å². The van der Waals surface area contributed by atoms with Gasteiger partial charge in [-0.1, -0.05) is 0 Å². The Morgan fingerprint density at radius 1 is 1.53 bits per heavy atom. The van der Waals surface area contributed by atoms with E-state index in [1.807, 2.05) is 0 Å². The van der Waals surface area contributed by atoms with Gasteiger partial charge in [0.25, 0.3) is 0 Å². The monoisotopic (exact) mass is 207 g/mol. The Hall–Kier alpha value is -1.71. The second-order valence-electron chi connectivity index (χ2n) is 3.45. The molecule has 0 atom stereocenters. The van der Waals surface area contributed by atoms with Crippen molar-refractivity contribution in [3.8, 4) is 5.75 Å². The molecule has 0 amide bonds. The summed E-state index contributed by atoms with van der Waals surface area (Å²) in [6.45, 7) is 0.692. The summed E-state index contributed by atoms with van der Waals surface area (Å²) in [6.07, 6.45) is 1.71. The van der Waals surface area contributed by atoms with Crippen LogP contribution in [0, 0.1) is 0 Å². The molecule has 0 unspecified atom stereocenters. The minimum atomic E-state index is -0.394. The van der Waals surface area contributed by atoms with Gasteiger partial charge in [0, 0.05) is 11.3 Å². The van der Waals surface area contributed by atoms with E-state index in [9.17, 15) is 4.79 Å². The third-order valence-electron chi connectivity index (χ3n) is 2.52. The highest BCUT2D eigenvalue weighted by Crippen LogP contribution is 2.31. The van der Waals surface area contributed by atoms with Gasteiger partial charge < -0.3 is 15.2 Å². The van der Waals surface area contributed by atoms with Gasteiger partial charge in [0.15, 0.2) is 0 Å². The molecule has 4 nitrogen and oxygen atoms in total. The van der Waals surface area contributed by atoms with Gasteiger partial charge in [-0.3, -0.25) is 0 Å². The van der Waals surface area contributed by atoms with Gasteiger partial charge in [0.1, 0.15) is 5.75 Å². The second-order valence-corrected chi connectivity index (χ2v) is 3.45. The molecule has 0 aromatic heterocycles. The van der Waals surface area contributed by atoms with E-state index in [0.29, 0.717) is 17.9 Å². The number of anilines is 1. The van der Waals surface area contributed by atoms with Gasteiger partial charge in [0.05, 0.1) is 19.3 Å². The zero-order valence-corrected chi connectivity index (χ0v) is 8.58. The highest BCUT2D eigenvalue weighted by atomic mass is 16.5. The summed E-state index contributed by atoms with van der Waals surface area (Å²) in [5, 5.41) is 0. The molecule has 15 heavy (non-hydrogen) atoms. The molecule has 1 aromatic carbocycles. The molecule has 1 aromatic rings. The van der Waals surface area contributed by atoms with Crippen molar-refractivity contribution in [2.75, 3.05) is 19.5 Å². The summed E-state index contributed by atoms with van der Waals surface area (Å²) in [7, 11) is 1.35. The molecule has 0 bridgehead atoms. The van der Waals surface area contributed by atoms with E-state index in [4.69, 9.17) is 15.2 Å². The molecular weight excluding hydrogens is 194 g/mol. The number of carbonyl (C=O) groups is 1. The molecule has 2 N–H and O–H groups in total. The molecule has 0 saturated carbocycles. The normalized spacial score (nSPS) is 13.9. The summed E-state index contributed by atoms with van der Waals surface area (Å²) in [5.74, 6) is 0.353. The predicted molar refractivity (Wildman–Crippen MR) is 56.0 cm³/mol. The molecule has 2 rings (SSSR count). The minimum Gasteiger partial charge on any atom is -0.493 e. The van der Waals surface area contributed by atoms with E-state index < -0.39 is 5.97 Å². The number of esters is 1. The third-order valence-corrected chi connectivity index (χ3v) is 2.52. The molecule has 1 aliphatic heterocycles. The summed E-state index contributed by atoms with van der Waals surface area (Å²) >= 11 is 0. The van der Waals surface area contributed by atoms with Gasteiger partial charge in [-0.05, 0) is 25.0 Å². The first-order chi connectivity index (χ1) is 7.24. The molecule has 4 heteroatoms. The van der Waals surface area contributed by atoms with Crippen LogP contribution in [0.15, 0.2) is 12.1 Å². The van der Waals surface area contributed by atoms with Crippen LogP contribution in [0.1, 0.15) is 22.3 Å². The number of nitrogen functional groups attached to an aromatic ring is 1. The van der Waals surface area contributed by atoms with Crippen molar-refractivity contribution in [1.82, 2.24) is 0 Å². The average Bonchev–Trinajstić information content (AvgIpc) is 2.28. The van der Waals surface area contributed by atoms with Crippen molar-refractivity contribution in [1.29, 1.82) is 0 Å². The van der Waals surface area contributed by atoms with E-state index in [1.165, 1.54) is 7.11 Å².